The highest BCUT2D eigenvalue weighted by Crippen LogP contribution is 2.18. The van der Waals surface area contributed by atoms with E-state index in [1.807, 2.05) is 19.1 Å². The number of amides is 1. The van der Waals surface area contributed by atoms with E-state index in [-0.39, 0.29) is 17.2 Å². The van der Waals surface area contributed by atoms with Gasteiger partial charge in [0.25, 0.3) is 5.91 Å². The number of hydrogen-bond acceptors (Lipinski definition) is 3. The van der Waals surface area contributed by atoms with Crippen LogP contribution in [0.25, 0.3) is 0 Å². The average molecular weight is 278 g/mol. The van der Waals surface area contributed by atoms with E-state index in [9.17, 15) is 9.18 Å². The van der Waals surface area contributed by atoms with Crippen LogP contribution in [0.5, 0.6) is 0 Å². The molecule has 0 radical (unpaired) electrons. The normalized spacial score (nSPS) is 10.5. The van der Waals surface area contributed by atoms with Crippen molar-refractivity contribution < 1.29 is 9.18 Å². The lowest BCUT2D eigenvalue weighted by Gasteiger charge is -2.07. The maximum absolute atomic E-state index is 13.5. The third-order valence-corrected chi connectivity index (χ3v) is 3.87. The quantitative estimate of drug-likeness (QED) is 0.848. The first kappa shape index (κ1) is 13.5. The van der Waals surface area contributed by atoms with Gasteiger partial charge >= 0.3 is 0 Å². The molecule has 1 amide bonds. The van der Waals surface area contributed by atoms with E-state index in [2.05, 4.69) is 5.32 Å². The van der Waals surface area contributed by atoms with Crippen molar-refractivity contribution in [2.24, 2.45) is 0 Å². The summed E-state index contributed by atoms with van der Waals surface area (Å²) >= 11 is 1.62. The molecule has 1 aromatic heterocycles. The summed E-state index contributed by atoms with van der Waals surface area (Å²) in [5, 5.41) is 2.75. The van der Waals surface area contributed by atoms with Crippen LogP contribution in [-0.2, 0) is 6.54 Å². The molecule has 0 aliphatic heterocycles. The van der Waals surface area contributed by atoms with E-state index in [1.165, 1.54) is 17.0 Å². The molecule has 0 unspecified atom stereocenters. The number of aryl methyl sites for hydroxylation is 1. The zero-order valence-electron chi connectivity index (χ0n) is 10.8. The summed E-state index contributed by atoms with van der Waals surface area (Å²) in [6.45, 7) is 4.03. The third kappa shape index (κ3) is 3.12. The monoisotopic (exact) mass is 278 g/mol. The second-order valence-corrected chi connectivity index (χ2v) is 5.74. The first-order chi connectivity index (χ1) is 8.97. The fourth-order valence-electron chi connectivity index (χ4n) is 1.68. The van der Waals surface area contributed by atoms with Crippen molar-refractivity contribution in [1.82, 2.24) is 5.32 Å². The summed E-state index contributed by atoms with van der Waals surface area (Å²) in [4.78, 5) is 14.2. The number of carbonyl (C=O) groups is 1. The molecule has 2 rings (SSSR count). The lowest BCUT2D eigenvalue weighted by Crippen LogP contribution is -2.22. The molecule has 0 aliphatic rings. The fraction of sp³-hybridized carbons (Fsp3) is 0.214. The Bertz CT molecular complexity index is 599. The Balaban J connectivity index is 2.08. The van der Waals surface area contributed by atoms with Gasteiger partial charge in [0, 0.05) is 26.6 Å². The lowest BCUT2D eigenvalue weighted by molar-refractivity contribution is 0.0951. The zero-order chi connectivity index (χ0) is 14.0. The van der Waals surface area contributed by atoms with Crippen LogP contribution in [0.15, 0.2) is 24.3 Å². The molecule has 5 heteroatoms. The summed E-state index contributed by atoms with van der Waals surface area (Å²) in [6.07, 6.45) is 0. The number of nitrogens with one attached hydrogen (secondary N) is 1. The van der Waals surface area contributed by atoms with Crippen molar-refractivity contribution in [3.05, 3.63) is 51.0 Å². The minimum absolute atomic E-state index is 0.244. The SMILES string of the molecule is Cc1ccc(CNC(=O)c2cc(N)c(C)c(F)c2)s1. The van der Waals surface area contributed by atoms with E-state index < -0.39 is 5.82 Å². The molecular formula is C14H15FN2OS. The predicted octanol–water partition coefficient (Wildman–Crippen LogP) is 3.02. The van der Waals surface area contributed by atoms with Gasteiger partial charge in [-0.3, -0.25) is 4.79 Å². The topological polar surface area (TPSA) is 55.1 Å². The molecule has 0 spiro atoms. The zero-order valence-corrected chi connectivity index (χ0v) is 11.6. The molecule has 0 fully saturated rings. The van der Waals surface area contributed by atoms with E-state index in [0.717, 1.165) is 4.88 Å². The van der Waals surface area contributed by atoms with Gasteiger partial charge in [-0.2, -0.15) is 0 Å². The molecule has 2 aromatic rings. The molecule has 100 valence electrons. The molecule has 0 aliphatic carbocycles. The van der Waals surface area contributed by atoms with Gasteiger partial charge in [-0.15, -0.1) is 11.3 Å². The van der Waals surface area contributed by atoms with Crippen LogP contribution in [0.1, 0.15) is 25.7 Å². The Labute approximate surface area is 115 Å². The van der Waals surface area contributed by atoms with Crippen LogP contribution in [0.4, 0.5) is 10.1 Å². The molecule has 0 bridgehead atoms. The highest BCUT2D eigenvalue weighted by atomic mass is 32.1. The van der Waals surface area contributed by atoms with Crippen LogP contribution in [0, 0.1) is 19.7 Å². The van der Waals surface area contributed by atoms with E-state index >= 15 is 0 Å². The highest BCUT2D eigenvalue weighted by Gasteiger charge is 2.11. The maximum atomic E-state index is 13.5. The largest absolute Gasteiger partial charge is 0.398 e. The predicted molar refractivity (Wildman–Crippen MR) is 75.8 cm³/mol. The second-order valence-electron chi connectivity index (χ2n) is 4.37. The van der Waals surface area contributed by atoms with Gasteiger partial charge in [-0.05, 0) is 38.1 Å². The summed E-state index contributed by atoms with van der Waals surface area (Å²) in [7, 11) is 0. The summed E-state index contributed by atoms with van der Waals surface area (Å²) in [6, 6.07) is 6.66. The molecule has 3 nitrogen and oxygen atoms in total. The average Bonchev–Trinajstić information content (AvgIpc) is 2.78. The number of benzene rings is 1. The fourth-order valence-corrected chi connectivity index (χ4v) is 2.51. The Kier molecular flexibility index (Phi) is 3.85. The molecule has 0 atom stereocenters. The first-order valence-corrected chi connectivity index (χ1v) is 6.68. The second kappa shape index (κ2) is 5.40. The number of nitrogens with two attached hydrogens (primary N) is 1. The first-order valence-electron chi connectivity index (χ1n) is 5.86. The Morgan fingerprint density at radius 1 is 1.37 bits per heavy atom. The van der Waals surface area contributed by atoms with Crippen molar-refractivity contribution in [2.75, 3.05) is 5.73 Å². The maximum Gasteiger partial charge on any atom is 0.251 e. The van der Waals surface area contributed by atoms with Gasteiger partial charge in [0.2, 0.25) is 0 Å². The van der Waals surface area contributed by atoms with Crippen molar-refractivity contribution in [3.63, 3.8) is 0 Å². The Morgan fingerprint density at radius 2 is 2.11 bits per heavy atom. The molecule has 0 saturated heterocycles. The minimum atomic E-state index is -0.461. The molecule has 1 aromatic carbocycles. The van der Waals surface area contributed by atoms with Crippen LogP contribution in [-0.4, -0.2) is 5.91 Å². The van der Waals surface area contributed by atoms with Crippen molar-refractivity contribution in [1.29, 1.82) is 0 Å². The van der Waals surface area contributed by atoms with Gasteiger partial charge in [0.15, 0.2) is 0 Å². The number of hydrogen-bond donors (Lipinski definition) is 2. The molecule has 3 N–H and O–H groups in total. The number of halogens is 1. The van der Waals surface area contributed by atoms with E-state index in [0.29, 0.717) is 12.1 Å². The van der Waals surface area contributed by atoms with Crippen LogP contribution >= 0.6 is 11.3 Å². The van der Waals surface area contributed by atoms with Crippen molar-refractivity contribution in [3.8, 4) is 0 Å². The minimum Gasteiger partial charge on any atom is -0.398 e. The summed E-state index contributed by atoms with van der Waals surface area (Å²) in [5.41, 5.74) is 6.55. The Morgan fingerprint density at radius 3 is 2.68 bits per heavy atom. The number of thiophene rings is 1. The van der Waals surface area contributed by atoms with Crippen LogP contribution < -0.4 is 11.1 Å². The molecule has 19 heavy (non-hydrogen) atoms. The Hall–Kier alpha value is -1.88. The smallest absolute Gasteiger partial charge is 0.251 e. The number of anilines is 1. The van der Waals surface area contributed by atoms with Crippen molar-refractivity contribution >= 4 is 22.9 Å². The van der Waals surface area contributed by atoms with Crippen molar-refractivity contribution in [2.45, 2.75) is 20.4 Å². The molecular weight excluding hydrogens is 263 g/mol. The lowest BCUT2D eigenvalue weighted by atomic mass is 10.1. The van der Waals surface area contributed by atoms with Gasteiger partial charge in [0.1, 0.15) is 5.82 Å². The van der Waals surface area contributed by atoms with Gasteiger partial charge < -0.3 is 11.1 Å². The van der Waals surface area contributed by atoms with E-state index in [1.54, 1.807) is 18.3 Å². The molecule has 0 saturated carbocycles. The molecule has 1 heterocycles. The number of carbonyl (C=O) groups excluding carboxylic acids is 1. The van der Waals surface area contributed by atoms with Gasteiger partial charge in [0.05, 0.1) is 6.54 Å². The number of rotatable bonds is 3. The standard InChI is InChI=1S/C14H15FN2OS/c1-8-3-4-11(19-8)7-17-14(18)10-5-12(15)9(2)13(16)6-10/h3-6H,7,16H2,1-2H3,(H,17,18). The third-order valence-electron chi connectivity index (χ3n) is 2.87. The van der Waals surface area contributed by atoms with Gasteiger partial charge in [-0.25, -0.2) is 4.39 Å². The van der Waals surface area contributed by atoms with Crippen LogP contribution in [0.2, 0.25) is 0 Å². The summed E-state index contributed by atoms with van der Waals surface area (Å²) in [5.74, 6) is -0.784. The highest BCUT2D eigenvalue weighted by molar-refractivity contribution is 7.11. The number of nitrogen functional groups attached to an aromatic ring is 1. The van der Waals surface area contributed by atoms with E-state index in [4.69, 9.17) is 5.73 Å². The summed E-state index contributed by atoms with van der Waals surface area (Å²) < 4.78 is 13.5. The van der Waals surface area contributed by atoms with Gasteiger partial charge in [-0.1, -0.05) is 0 Å². The van der Waals surface area contributed by atoms with Crippen LogP contribution in [0.3, 0.4) is 0 Å².